The van der Waals surface area contributed by atoms with Crippen molar-refractivity contribution >= 4 is 29.9 Å². The molecule has 1 aromatic carbocycles. The molecule has 2 fully saturated rings. The van der Waals surface area contributed by atoms with E-state index in [1.54, 1.807) is 0 Å². The second-order valence-corrected chi connectivity index (χ2v) is 7.79. The van der Waals surface area contributed by atoms with Crippen molar-refractivity contribution in [2.75, 3.05) is 20.1 Å². The molecular weight excluding hydrogens is 449 g/mol. The maximum absolute atomic E-state index is 4.97. The molecule has 2 aliphatic carbocycles. The van der Waals surface area contributed by atoms with Crippen molar-refractivity contribution in [2.24, 2.45) is 16.3 Å². The minimum atomic E-state index is 0. The summed E-state index contributed by atoms with van der Waals surface area (Å²) in [6.07, 6.45) is 9.62. The minimum absolute atomic E-state index is 0. The van der Waals surface area contributed by atoms with Crippen molar-refractivity contribution in [3.05, 3.63) is 48.3 Å². The first-order chi connectivity index (χ1) is 12.7. The first-order valence-corrected chi connectivity index (χ1v) is 9.78. The molecule has 1 N–H and O–H groups in total. The van der Waals surface area contributed by atoms with E-state index in [1.807, 2.05) is 29.1 Å². The number of para-hydroxylation sites is 1. The molecule has 0 radical (unpaired) electrons. The number of nitrogens with zero attached hydrogens (tertiary/aromatic N) is 4. The van der Waals surface area contributed by atoms with Crippen LogP contribution >= 0.6 is 24.0 Å². The molecular formula is C21H30IN5. The fourth-order valence-electron chi connectivity index (χ4n) is 3.77. The van der Waals surface area contributed by atoms with E-state index in [-0.39, 0.29) is 24.0 Å². The Morgan fingerprint density at radius 2 is 2.04 bits per heavy atom. The van der Waals surface area contributed by atoms with Gasteiger partial charge in [0.25, 0.3) is 0 Å². The zero-order valence-electron chi connectivity index (χ0n) is 16.3. The maximum Gasteiger partial charge on any atom is 0.193 e. The summed E-state index contributed by atoms with van der Waals surface area (Å²) >= 11 is 0. The lowest BCUT2D eigenvalue weighted by Crippen LogP contribution is -2.39. The predicted molar refractivity (Wildman–Crippen MR) is 121 cm³/mol. The van der Waals surface area contributed by atoms with Crippen LogP contribution in [0.1, 0.15) is 38.2 Å². The highest BCUT2D eigenvalue weighted by Gasteiger charge is 2.53. The lowest BCUT2D eigenvalue weighted by atomic mass is 10.0. The molecule has 0 amide bonds. The molecule has 0 atom stereocenters. The summed E-state index contributed by atoms with van der Waals surface area (Å²) in [6, 6.07) is 10.2. The summed E-state index contributed by atoms with van der Waals surface area (Å²) < 4.78 is 1.93. The van der Waals surface area contributed by atoms with Gasteiger partial charge in [-0.3, -0.25) is 4.99 Å². The van der Waals surface area contributed by atoms with Crippen LogP contribution < -0.4 is 5.32 Å². The van der Waals surface area contributed by atoms with Crippen LogP contribution in [0.5, 0.6) is 0 Å². The van der Waals surface area contributed by atoms with Crippen molar-refractivity contribution < 1.29 is 0 Å². The molecule has 146 valence electrons. The van der Waals surface area contributed by atoms with Gasteiger partial charge >= 0.3 is 0 Å². The van der Waals surface area contributed by atoms with E-state index >= 15 is 0 Å². The molecule has 5 nitrogen and oxygen atoms in total. The largest absolute Gasteiger partial charge is 0.357 e. The summed E-state index contributed by atoms with van der Waals surface area (Å²) in [5.41, 5.74) is 2.81. The quantitative estimate of drug-likeness (QED) is 0.370. The van der Waals surface area contributed by atoms with Crippen LogP contribution in [0, 0.1) is 11.3 Å². The highest BCUT2D eigenvalue weighted by Crippen LogP contribution is 2.61. The number of hydrogen-bond acceptors (Lipinski definition) is 2. The van der Waals surface area contributed by atoms with Crippen molar-refractivity contribution in [1.82, 2.24) is 20.0 Å². The van der Waals surface area contributed by atoms with Gasteiger partial charge in [-0.05, 0) is 56.1 Å². The summed E-state index contributed by atoms with van der Waals surface area (Å²) in [5, 5.41) is 7.95. The van der Waals surface area contributed by atoms with Gasteiger partial charge in [-0.2, -0.15) is 5.10 Å². The molecule has 27 heavy (non-hydrogen) atoms. The zero-order valence-corrected chi connectivity index (χ0v) is 18.6. The van der Waals surface area contributed by atoms with E-state index in [0.29, 0.717) is 5.41 Å². The number of halogens is 1. The predicted octanol–water partition coefficient (Wildman–Crippen LogP) is 4.08. The summed E-state index contributed by atoms with van der Waals surface area (Å²) in [5.74, 6) is 1.95. The third-order valence-electron chi connectivity index (χ3n) is 5.65. The van der Waals surface area contributed by atoms with E-state index in [4.69, 9.17) is 4.99 Å². The number of nitrogens with one attached hydrogen (secondary N) is 1. The van der Waals surface area contributed by atoms with Gasteiger partial charge in [-0.1, -0.05) is 18.2 Å². The van der Waals surface area contributed by atoms with Gasteiger partial charge < -0.3 is 10.2 Å². The van der Waals surface area contributed by atoms with Gasteiger partial charge in [0.15, 0.2) is 5.96 Å². The minimum Gasteiger partial charge on any atom is -0.357 e. The average molecular weight is 479 g/mol. The van der Waals surface area contributed by atoms with Gasteiger partial charge in [-0.25, -0.2) is 4.68 Å². The Bertz CT molecular complexity index is 762. The molecule has 0 aliphatic heterocycles. The topological polar surface area (TPSA) is 45.5 Å². The van der Waals surface area contributed by atoms with Gasteiger partial charge in [0, 0.05) is 38.4 Å². The molecule has 0 bridgehead atoms. The molecule has 2 saturated carbocycles. The smallest absolute Gasteiger partial charge is 0.193 e. The third kappa shape index (κ3) is 4.83. The molecule has 4 rings (SSSR count). The zero-order chi connectivity index (χ0) is 18.0. The Hall–Kier alpha value is -1.57. The van der Waals surface area contributed by atoms with Crippen LogP contribution in [0.3, 0.4) is 0 Å². The molecule has 1 aromatic heterocycles. The summed E-state index contributed by atoms with van der Waals surface area (Å²) in [6.45, 7) is 4.80. The normalized spacial score (nSPS) is 17.9. The number of aliphatic imine (C=N–C) groups is 1. The van der Waals surface area contributed by atoms with Crippen LogP contribution in [-0.4, -0.2) is 40.8 Å². The Morgan fingerprint density at radius 3 is 2.67 bits per heavy atom. The lowest BCUT2D eigenvalue weighted by molar-refractivity contribution is 0.436. The molecule has 2 aliphatic rings. The highest BCUT2D eigenvalue weighted by molar-refractivity contribution is 14.0. The summed E-state index contributed by atoms with van der Waals surface area (Å²) in [4.78, 5) is 7.18. The van der Waals surface area contributed by atoms with Crippen molar-refractivity contribution in [2.45, 2.75) is 39.2 Å². The molecule has 0 unspecified atom stereocenters. The monoisotopic (exact) mass is 479 g/mol. The van der Waals surface area contributed by atoms with Crippen molar-refractivity contribution in [1.29, 1.82) is 0 Å². The van der Waals surface area contributed by atoms with Crippen LogP contribution in [0.4, 0.5) is 0 Å². The number of aromatic nitrogens is 2. The van der Waals surface area contributed by atoms with Crippen LogP contribution in [0.15, 0.2) is 47.7 Å². The lowest BCUT2D eigenvalue weighted by Gasteiger charge is -2.22. The van der Waals surface area contributed by atoms with E-state index in [2.05, 4.69) is 47.6 Å². The first-order valence-electron chi connectivity index (χ1n) is 9.78. The SMILES string of the molecule is CCNC(=NCC1(C2CC2)CC1)N(C)Cc1cnn(-c2ccccc2)c1.I. The van der Waals surface area contributed by atoms with E-state index in [9.17, 15) is 0 Å². The number of hydrogen-bond donors (Lipinski definition) is 1. The Morgan fingerprint density at radius 1 is 1.30 bits per heavy atom. The van der Waals surface area contributed by atoms with Crippen LogP contribution in [-0.2, 0) is 6.54 Å². The van der Waals surface area contributed by atoms with Crippen molar-refractivity contribution in [3.8, 4) is 5.69 Å². The van der Waals surface area contributed by atoms with Crippen molar-refractivity contribution in [3.63, 3.8) is 0 Å². The third-order valence-corrected chi connectivity index (χ3v) is 5.65. The van der Waals surface area contributed by atoms with E-state index in [1.165, 1.54) is 31.2 Å². The van der Waals surface area contributed by atoms with Crippen LogP contribution in [0.25, 0.3) is 5.69 Å². The fraction of sp³-hybridized carbons (Fsp3) is 0.524. The molecule has 2 aromatic rings. The maximum atomic E-state index is 4.97. The average Bonchev–Trinajstić information content (AvgIpc) is 3.57. The second kappa shape index (κ2) is 8.63. The molecule has 0 saturated heterocycles. The van der Waals surface area contributed by atoms with Gasteiger partial charge in [0.2, 0.25) is 0 Å². The van der Waals surface area contributed by atoms with E-state index in [0.717, 1.165) is 37.2 Å². The number of benzene rings is 1. The number of guanidine groups is 1. The van der Waals surface area contributed by atoms with Crippen LogP contribution in [0.2, 0.25) is 0 Å². The Labute approximate surface area is 179 Å². The van der Waals surface area contributed by atoms with E-state index < -0.39 is 0 Å². The molecule has 1 heterocycles. The Balaban J connectivity index is 0.00000210. The fourth-order valence-corrected chi connectivity index (χ4v) is 3.77. The molecule has 0 spiro atoms. The number of rotatable bonds is 7. The standard InChI is InChI=1S/C21H29N5.HI/c1-3-22-20(23-16-21(11-12-21)18-9-10-18)25(2)14-17-13-24-26(15-17)19-7-5-4-6-8-19;/h4-8,13,15,18H,3,9-12,14,16H2,1-2H3,(H,22,23);1H. The van der Waals surface area contributed by atoms with Gasteiger partial charge in [-0.15, -0.1) is 24.0 Å². The van der Waals surface area contributed by atoms with Gasteiger partial charge in [0.05, 0.1) is 11.9 Å². The highest BCUT2D eigenvalue weighted by atomic mass is 127. The molecule has 6 heteroatoms. The second-order valence-electron chi connectivity index (χ2n) is 7.79. The first kappa shape index (κ1) is 20.2. The van der Waals surface area contributed by atoms with Gasteiger partial charge in [0.1, 0.15) is 0 Å². The Kier molecular flexibility index (Phi) is 6.44. The summed E-state index contributed by atoms with van der Waals surface area (Å²) in [7, 11) is 2.11.